The molecule has 0 radical (unpaired) electrons. The molecule has 1 atom stereocenters. The Bertz CT molecular complexity index is 792. The van der Waals surface area contributed by atoms with E-state index in [1.54, 1.807) is 20.3 Å². The van der Waals surface area contributed by atoms with E-state index in [0.717, 1.165) is 18.4 Å². The van der Waals surface area contributed by atoms with E-state index in [9.17, 15) is 4.79 Å². The van der Waals surface area contributed by atoms with Crippen molar-refractivity contribution in [3.63, 3.8) is 0 Å². The number of rotatable bonds is 9. The Balaban J connectivity index is 2.48. The zero-order valence-corrected chi connectivity index (χ0v) is 20.0. The third-order valence-electron chi connectivity index (χ3n) is 5.52. The summed E-state index contributed by atoms with van der Waals surface area (Å²) in [6, 6.07) is 1.86. The standard InChI is InChI=1S/C23H35N3O4S/c1-7-18(27)25-16-13-17(28-4)21(29-5)22(30-6)19(16)20(14(2)3)26-23(31)24-15-11-9-8-10-12-15/h7,13-15,20H,1,8-12H2,2-6H3,(H,25,27)(H2,24,26,31). The van der Waals surface area contributed by atoms with Crippen LogP contribution in [0.2, 0.25) is 0 Å². The predicted molar refractivity (Wildman–Crippen MR) is 128 cm³/mol. The van der Waals surface area contributed by atoms with Crippen molar-refractivity contribution in [2.45, 2.75) is 58.0 Å². The van der Waals surface area contributed by atoms with Gasteiger partial charge in [0.25, 0.3) is 0 Å². The second kappa shape index (κ2) is 11.8. The van der Waals surface area contributed by atoms with Crippen LogP contribution in [-0.4, -0.2) is 38.4 Å². The van der Waals surface area contributed by atoms with Gasteiger partial charge < -0.3 is 30.2 Å². The van der Waals surface area contributed by atoms with Gasteiger partial charge in [-0.05, 0) is 37.1 Å². The molecule has 1 saturated carbocycles. The molecule has 1 aromatic rings. The van der Waals surface area contributed by atoms with E-state index in [1.165, 1.54) is 32.4 Å². The smallest absolute Gasteiger partial charge is 0.247 e. The molecule has 0 bridgehead atoms. The van der Waals surface area contributed by atoms with E-state index >= 15 is 0 Å². The van der Waals surface area contributed by atoms with Crippen LogP contribution in [0.25, 0.3) is 0 Å². The van der Waals surface area contributed by atoms with E-state index in [1.807, 2.05) is 0 Å². The molecule has 1 fully saturated rings. The number of carbonyl (C=O) groups is 1. The third kappa shape index (κ3) is 6.26. The number of amides is 1. The number of methoxy groups -OCH3 is 3. The van der Waals surface area contributed by atoms with E-state index in [4.69, 9.17) is 26.4 Å². The summed E-state index contributed by atoms with van der Waals surface area (Å²) in [6.45, 7) is 7.71. The molecule has 2 rings (SSSR count). The first kappa shape index (κ1) is 24.8. The molecule has 3 N–H and O–H groups in total. The summed E-state index contributed by atoms with van der Waals surface area (Å²) in [6.07, 6.45) is 7.18. The number of nitrogens with one attached hydrogen (secondary N) is 3. The molecule has 172 valence electrons. The van der Waals surface area contributed by atoms with Crippen LogP contribution in [0.3, 0.4) is 0 Å². The zero-order valence-electron chi connectivity index (χ0n) is 19.2. The van der Waals surface area contributed by atoms with Crippen LogP contribution in [0.1, 0.15) is 57.6 Å². The SMILES string of the molecule is C=CC(=O)Nc1cc(OC)c(OC)c(OC)c1C(NC(=S)NC1CCCCC1)C(C)C. The quantitative estimate of drug-likeness (QED) is 0.382. The minimum absolute atomic E-state index is 0.123. The third-order valence-corrected chi connectivity index (χ3v) is 5.75. The Hall–Kier alpha value is -2.48. The van der Waals surface area contributed by atoms with Crippen LogP contribution in [0.5, 0.6) is 17.2 Å². The Morgan fingerprint density at radius 3 is 2.29 bits per heavy atom. The van der Waals surface area contributed by atoms with Gasteiger partial charge in [0, 0.05) is 17.7 Å². The fourth-order valence-electron chi connectivity index (χ4n) is 3.96. The first-order valence-corrected chi connectivity index (χ1v) is 11.1. The van der Waals surface area contributed by atoms with Crippen molar-refractivity contribution < 1.29 is 19.0 Å². The van der Waals surface area contributed by atoms with Gasteiger partial charge in [-0.15, -0.1) is 0 Å². The molecule has 1 aliphatic carbocycles. The van der Waals surface area contributed by atoms with Gasteiger partial charge in [0.05, 0.1) is 33.1 Å². The minimum atomic E-state index is -0.332. The molecular formula is C23H35N3O4S. The molecule has 1 aromatic carbocycles. The lowest BCUT2D eigenvalue weighted by molar-refractivity contribution is -0.111. The van der Waals surface area contributed by atoms with Crippen molar-refractivity contribution in [2.24, 2.45) is 5.92 Å². The lowest BCUT2D eigenvalue weighted by Gasteiger charge is -2.31. The van der Waals surface area contributed by atoms with Crippen molar-refractivity contribution in [1.29, 1.82) is 0 Å². The van der Waals surface area contributed by atoms with Gasteiger partial charge in [-0.3, -0.25) is 4.79 Å². The monoisotopic (exact) mass is 449 g/mol. The number of thiocarbonyl (C=S) groups is 1. The number of anilines is 1. The second-order valence-corrected chi connectivity index (χ2v) is 8.38. The van der Waals surface area contributed by atoms with E-state index in [0.29, 0.717) is 34.1 Å². The maximum Gasteiger partial charge on any atom is 0.247 e. The van der Waals surface area contributed by atoms with Crippen molar-refractivity contribution in [2.75, 3.05) is 26.6 Å². The summed E-state index contributed by atoms with van der Waals surface area (Å²) >= 11 is 5.65. The summed E-state index contributed by atoms with van der Waals surface area (Å²) < 4.78 is 16.8. The lowest BCUT2D eigenvalue weighted by Crippen LogP contribution is -2.45. The molecule has 0 spiro atoms. The summed E-state index contributed by atoms with van der Waals surface area (Å²) in [4.78, 5) is 12.2. The molecule has 0 heterocycles. The highest BCUT2D eigenvalue weighted by atomic mass is 32.1. The Labute approximate surface area is 190 Å². The first-order valence-electron chi connectivity index (χ1n) is 10.7. The summed E-state index contributed by atoms with van der Waals surface area (Å²) in [5, 5.41) is 10.4. The van der Waals surface area contributed by atoms with Gasteiger partial charge in [-0.2, -0.15) is 0 Å². The number of benzene rings is 1. The maximum absolute atomic E-state index is 12.2. The molecule has 0 aromatic heterocycles. The molecule has 7 nitrogen and oxygen atoms in total. The molecule has 31 heavy (non-hydrogen) atoms. The van der Waals surface area contributed by atoms with Crippen LogP contribution in [0, 0.1) is 5.92 Å². The largest absolute Gasteiger partial charge is 0.493 e. The van der Waals surface area contributed by atoms with E-state index in [-0.39, 0.29) is 17.9 Å². The predicted octanol–water partition coefficient (Wildman–Crippen LogP) is 4.33. The molecular weight excluding hydrogens is 414 g/mol. The molecule has 8 heteroatoms. The summed E-state index contributed by atoms with van der Waals surface area (Å²) in [5.74, 6) is 1.18. The normalized spacial score (nSPS) is 15.0. The zero-order chi connectivity index (χ0) is 23.0. The van der Waals surface area contributed by atoms with E-state index < -0.39 is 0 Å². The number of carbonyl (C=O) groups excluding carboxylic acids is 1. The molecule has 1 aliphatic rings. The summed E-state index contributed by atoms with van der Waals surface area (Å²) in [7, 11) is 4.66. The fourth-order valence-corrected chi connectivity index (χ4v) is 4.26. The van der Waals surface area contributed by atoms with Crippen LogP contribution in [0.4, 0.5) is 5.69 Å². The topological polar surface area (TPSA) is 80.9 Å². The Kier molecular flexibility index (Phi) is 9.43. The molecule has 0 aliphatic heterocycles. The number of hydrogen-bond donors (Lipinski definition) is 3. The van der Waals surface area contributed by atoms with Gasteiger partial charge in [0.2, 0.25) is 11.7 Å². The second-order valence-electron chi connectivity index (χ2n) is 7.97. The molecule has 1 unspecified atom stereocenters. The van der Waals surface area contributed by atoms with Gasteiger partial charge in [0.15, 0.2) is 16.6 Å². The minimum Gasteiger partial charge on any atom is -0.493 e. The van der Waals surface area contributed by atoms with Gasteiger partial charge >= 0.3 is 0 Å². The molecule has 1 amide bonds. The number of hydrogen-bond acceptors (Lipinski definition) is 5. The Morgan fingerprint density at radius 2 is 1.77 bits per heavy atom. The average Bonchev–Trinajstić information content (AvgIpc) is 2.77. The van der Waals surface area contributed by atoms with Crippen LogP contribution in [0.15, 0.2) is 18.7 Å². The van der Waals surface area contributed by atoms with Crippen LogP contribution in [-0.2, 0) is 4.79 Å². The van der Waals surface area contributed by atoms with Gasteiger partial charge in [-0.25, -0.2) is 0 Å². The Morgan fingerprint density at radius 1 is 1.13 bits per heavy atom. The van der Waals surface area contributed by atoms with Gasteiger partial charge in [-0.1, -0.05) is 39.7 Å². The first-order chi connectivity index (χ1) is 14.9. The van der Waals surface area contributed by atoms with Crippen LogP contribution >= 0.6 is 12.2 Å². The number of ether oxygens (including phenoxy) is 3. The highest BCUT2D eigenvalue weighted by Gasteiger charge is 2.30. The molecule has 0 saturated heterocycles. The van der Waals surface area contributed by atoms with Gasteiger partial charge in [0.1, 0.15) is 0 Å². The van der Waals surface area contributed by atoms with Crippen molar-refractivity contribution in [3.05, 3.63) is 24.3 Å². The highest BCUT2D eigenvalue weighted by molar-refractivity contribution is 7.80. The van der Waals surface area contributed by atoms with Crippen LogP contribution < -0.4 is 30.2 Å². The van der Waals surface area contributed by atoms with E-state index in [2.05, 4.69) is 36.4 Å². The highest BCUT2D eigenvalue weighted by Crippen LogP contribution is 2.48. The van der Waals surface area contributed by atoms with Crippen molar-refractivity contribution in [3.8, 4) is 17.2 Å². The van der Waals surface area contributed by atoms with Crippen molar-refractivity contribution in [1.82, 2.24) is 10.6 Å². The summed E-state index contributed by atoms with van der Waals surface area (Å²) in [5.41, 5.74) is 1.28. The average molecular weight is 450 g/mol. The fraction of sp³-hybridized carbons (Fsp3) is 0.565. The lowest BCUT2D eigenvalue weighted by atomic mass is 9.92. The van der Waals surface area contributed by atoms with Crippen molar-refractivity contribution >= 4 is 28.9 Å². The maximum atomic E-state index is 12.2.